The average Bonchev–Trinajstić information content (AvgIpc) is 3.32. The third-order valence-corrected chi connectivity index (χ3v) is 14.7. The van der Waals surface area contributed by atoms with Gasteiger partial charge in [0.25, 0.3) is 0 Å². The number of nitrogens with one attached hydrogen (secondary N) is 3. The van der Waals surface area contributed by atoms with Crippen molar-refractivity contribution in [2.24, 2.45) is 23.7 Å². The molecule has 0 fully saturated rings. The number of nitrogens with zero attached hydrogens (tertiary/aromatic N) is 6. The number of aromatic nitrogens is 1. The molecule has 0 saturated carbocycles. The topological polar surface area (TPSA) is 231 Å². The van der Waals surface area contributed by atoms with E-state index in [1.807, 2.05) is 65.0 Å². The van der Waals surface area contributed by atoms with Crippen LogP contribution in [0, 0.1) is 23.7 Å². The van der Waals surface area contributed by atoms with Gasteiger partial charge in [-0.1, -0.05) is 84.4 Å². The highest BCUT2D eigenvalue weighted by molar-refractivity contribution is 8.76. The number of amides is 8. The minimum absolute atomic E-state index is 0.0604. The summed E-state index contributed by atoms with van der Waals surface area (Å²) in [7, 11) is 10.3. The van der Waals surface area contributed by atoms with Crippen molar-refractivity contribution in [2.75, 3.05) is 54.1 Å². The molecule has 0 unspecified atom stereocenters. The largest absolute Gasteiger partial charge is 0.444 e. The molecule has 21 heteroatoms. The molecule has 4 N–H and O–H groups in total. The van der Waals surface area contributed by atoms with Gasteiger partial charge in [0.05, 0.1) is 12.6 Å². The maximum absolute atomic E-state index is 15.0. The molecular formula is C53H91N9O10S2. The van der Waals surface area contributed by atoms with Gasteiger partial charge in [-0.25, -0.2) is 9.78 Å². The Labute approximate surface area is 450 Å². The van der Waals surface area contributed by atoms with Crippen molar-refractivity contribution >= 4 is 69.0 Å². The van der Waals surface area contributed by atoms with E-state index in [9.17, 15) is 43.5 Å². The lowest BCUT2D eigenvalue weighted by Crippen LogP contribution is -2.63. The monoisotopic (exact) mass is 1080 g/mol. The summed E-state index contributed by atoms with van der Waals surface area (Å²) in [5, 5.41) is 20.9. The van der Waals surface area contributed by atoms with Gasteiger partial charge in [-0.05, 0) is 113 Å². The highest BCUT2D eigenvalue weighted by atomic mass is 33.1. The number of likely N-dealkylation sites (N-methyl/N-ethyl adjacent to an activating group) is 5. The summed E-state index contributed by atoms with van der Waals surface area (Å²) >= 11 is 0. The van der Waals surface area contributed by atoms with E-state index in [-0.39, 0.29) is 43.6 Å². The van der Waals surface area contributed by atoms with Gasteiger partial charge in [0.15, 0.2) is 0 Å². The lowest BCUT2D eigenvalue weighted by Gasteiger charge is -2.41. The van der Waals surface area contributed by atoms with Gasteiger partial charge in [0.1, 0.15) is 46.9 Å². The van der Waals surface area contributed by atoms with E-state index < -0.39 is 101 Å². The number of hydrogen-bond donors (Lipinski definition) is 4. The molecule has 0 saturated heterocycles. The van der Waals surface area contributed by atoms with E-state index in [0.29, 0.717) is 25.1 Å². The molecule has 0 bridgehead atoms. The quantitative estimate of drug-likeness (QED) is 0.0418. The number of ether oxygens (including phenoxy) is 1. The van der Waals surface area contributed by atoms with Gasteiger partial charge in [0, 0.05) is 53.7 Å². The SMILES string of the molecule is C/C=C/C[C@@H](C)[C@@H](O)[C@@H](C(=O)N[C@@H](CC)C(=O)N(C)CC(=O)NCCSSc1ccccn1)N(C)C(=O)[C@H](C(C)C)N(C)C(=O)[C@H](CCC(C)C)N(C)C(=O)[C@H](CC(C)C)N(C)C(=O)[C@@H](C)NC(=O)OC(C)(C)C. The number of allylic oxidation sites excluding steroid dienone is 2. The van der Waals surface area contributed by atoms with E-state index in [1.165, 1.54) is 83.3 Å². The number of pyridine rings is 1. The second-order valence-corrected chi connectivity index (χ2v) is 23.7. The zero-order chi connectivity index (χ0) is 56.8. The van der Waals surface area contributed by atoms with Crippen molar-refractivity contribution in [3.05, 3.63) is 36.5 Å². The van der Waals surface area contributed by atoms with Crippen LogP contribution in [0.4, 0.5) is 4.79 Å². The molecule has 0 aromatic carbocycles. The Morgan fingerprint density at radius 2 is 1.35 bits per heavy atom. The molecule has 0 aliphatic carbocycles. The molecule has 1 rings (SSSR count). The van der Waals surface area contributed by atoms with Gasteiger partial charge < -0.3 is 50.3 Å². The molecule has 0 aliphatic heterocycles. The van der Waals surface area contributed by atoms with E-state index in [1.54, 1.807) is 54.7 Å². The van der Waals surface area contributed by atoms with Crippen molar-refractivity contribution in [3.63, 3.8) is 0 Å². The fourth-order valence-electron chi connectivity index (χ4n) is 8.16. The highest BCUT2D eigenvalue weighted by Crippen LogP contribution is 2.28. The number of alkyl carbamates (subject to hydrolysis) is 1. The summed E-state index contributed by atoms with van der Waals surface area (Å²) in [5.74, 6) is -4.42. The molecule has 74 heavy (non-hydrogen) atoms. The van der Waals surface area contributed by atoms with Crippen LogP contribution >= 0.6 is 21.6 Å². The van der Waals surface area contributed by atoms with E-state index >= 15 is 0 Å². The Hall–Kier alpha value is -4.89. The number of aliphatic hydroxyl groups excluding tert-OH is 1. The molecule has 420 valence electrons. The van der Waals surface area contributed by atoms with Gasteiger partial charge in [-0.3, -0.25) is 33.6 Å². The van der Waals surface area contributed by atoms with Gasteiger partial charge in [-0.2, -0.15) is 0 Å². The maximum Gasteiger partial charge on any atom is 0.408 e. The van der Waals surface area contributed by atoms with Crippen LogP contribution < -0.4 is 16.0 Å². The normalized spacial score (nSPS) is 15.0. The summed E-state index contributed by atoms with van der Waals surface area (Å²) in [6.07, 6.45) is 4.61. The fourth-order valence-corrected chi connectivity index (χ4v) is 9.94. The number of rotatable bonds is 30. The van der Waals surface area contributed by atoms with Crippen LogP contribution in [0.1, 0.15) is 122 Å². The molecule has 0 spiro atoms. The maximum atomic E-state index is 15.0. The first-order valence-electron chi connectivity index (χ1n) is 25.8. The number of carbonyl (C=O) groups is 8. The number of carbonyl (C=O) groups excluding carboxylic acids is 8. The van der Waals surface area contributed by atoms with Crippen molar-refractivity contribution in [3.8, 4) is 0 Å². The smallest absolute Gasteiger partial charge is 0.408 e. The second kappa shape index (κ2) is 32.5. The molecule has 8 amide bonds. The van der Waals surface area contributed by atoms with Crippen molar-refractivity contribution in [1.82, 2.24) is 45.4 Å². The van der Waals surface area contributed by atoms with Gasteiger partial charge in [0.2, 0.25) is 41.4 Å². The Kier molecular flexibility index (Phi) is 29.5. The van der Waals surface area contributed by atoms with Crippen LogP contribution in [0.5, 0.6) is 0 Å². The van der Waals surface area contributed by atoms with Crippen molar-refractivity contribution in [1.29, 1.82) is 0 Å². The fraction of sp³-hybridized carbons (Fsp3) is 0.717. The van der Waals surface area contributed by atoms with Crippen LogP contribution in [-0.2, 0) is 38.3 Å². The van der Waals surface area contributed by atoms with Gasteiger partial charge in [-0.15, -0.1) is 0 Å². The first-order chi connectivity index (χ1) is 34.4. The first kappa shape index (κ1) is 67.1. The second-order valence-electron chi connectivity index (χ2n) is 21.3. The Morgan fingerprint density at radius 3 is 1.88 bits per heavy atom. The van der Waals surface area contributed by atoms with Crippen LogP contribution in [0.15, 0.2) is 41.6 Å². The third kappa shape index (κ3) is 22.1. The van der Waals surface area contributed by atoms with Gasteiger partial charge >= 0.3 is 6.09 Å². The van der Waals surface area contributed by atoms with E-state index in [0.717, 1.165) is 9.93 Å². The predicted molar refractivity (Wildman–Crippen MR) is 293 cm³/mol. The molecule has 8 atom stereocenters. The molecule has 1 aromatic heterocycles. The molecule has 19 nitrogen and oxygen atoms in total. The summed E-state index contributed by atoms with van der Waals surface area (Å²) in [4.78, 5) is 123. The van der Waals surface area contributed by atoms with Crippen molar-refractivity contribution < 1.29 is 48.2 Å². The van der Waals surface area contributed by atoms with Crippen LogP contribution in [-0.4, -0.2) is 184 Å². The zero-order valence-corrected chi connectivity index (χ0v) is 49.2. The molecule has 1 aromatic rings. The molecule has 0 radical (unpaired) electrons. The zero-order valence-electron chi connectivity index (χ0n) is 47.6. The third-order valence-electron chi connectivity index (χ3n) is 12.4. The van der Waals surface area contributed by atoms with Crippen LogP contribution in [0.3, 0.4) is 0 Å². The van der Waals surface area contributed by atoms with Crippen molar-refractivity contribution in [2.45, 2.75) is 175 Å². The average molecular weight is 1080 g/mol. The Morgan fingerprint density at radius 1 is 0.757 bits per heavy atom. The molecule has 0 aliphatic rings. The van der Waals surface area contributed by atoms with E-state index in [4.69, 9.17) is 4.74 Å². The Balaban J connectivity index is 3.53. The molecular weight excluding hydrogens is 987 g/mol. The number of hydrogen-bond acceptors (Lipinski definition) is 13. The minimum atomic E-state index is -1.53. The standard InChI is InChI=1S/C53H91N9O10S2/c1-19-21-24-36(9)45(64)44(46(65)57-38(20-2)48(67)58(14)32-41(63)54-29-30-73-74-42-25-22-23-28-55-42)62(18)51(70)43(35(7)8)61(17)49(68)39(27-26-33(3)4)59(15)50(69)40(31-34(5)6)60(16)47(66)37(10)56-52(71)72-53(11,12)13/h19,21-23,25,28,33-40,43-45,64H,20,24,26-27,29-32H2,1-18H3,(H,54,63)(H,56,71)(H,57,65)/b21-19+/t36-,37-,38+,39+,40+,43+,44+,45-/m1/s1. The Bertz CT molecular complexity index is 2000. The molecule has 1 heterocycles. The first-order valence-corrected chi connectivity index (χ1v) is 28.1. The summed E-state index contributed by atoms with van der Waals surface area (Å²) in [6, 6.07) is -1.38. The summed E-state index contributed by atoms with van der Waals surface area (Å²) in [6.45, 7) is 23.2. The minimum Gasteiger partial charge on any atom is -0.444 e. The van der Waals surface area contributed by atoms with Crippen LogP contribution in [0.25, 0.3) is 0 Å². The van der Waals surface area contributed by atoms with E-state index in [2.05, 4.69) is 20.9 Å². The summed E-state index contributed by atoms with van der Waals surface area (Å²) in [5.41, 5.74) is -0.805. The lowest BCUT2D eigenvalue weighted by atomic mass is 9.91. The van der Waals surface area contributed by atoms with Crippen LogP contribution in [0.2, 0.25) is 0 Å². The number of aliphatic hydroxyl groups is 1. The predicted octanol–water partition coefficient (Wildman–Crippen LogP) is 5.61. The summed E-state index contributed by atoms with van der Waals surface area (Å²) < 4.78 is 5.35. The lowest BCUT2D eigenvalue weighted by molar-refractivity contribution is -0.157. The highest BCUT2D eigenvalue weighted by Gasteiger charge is 2.44.